The highest BCUT2D eigenvalue weighted by atomic mass is 32.1. The highest BCUT2D eigenvalue weighted by Gasteiger charge is 2.52. The monoisotopic (exact) mass is 615 g/mol. The van der Waals surface area contributed by atoms with E-state index in [1.165, 1.54) is 6.92 Å². The highest BCUT2D eigenvalue weighted by molar-refractivity contribution is 7.79. The van der Waals surface area contributed by atoms with Crippen LogP contribution >= 0.6 is 12.2 Å². The van der Waals surface area contributed by atoms with Gasteiger partial charge in [-0.05, 0) is 59.2 Å². The van der Waals surface area contributed by atoms with E-state index >= 15 is 0 Å². The minimum atomic E-state index is -1.19. The van der Waals surface area contributed by atoms with Gasteiger partial charge < -0.3 is 33.7 Å². The molecule has 1 fully saturated rings. The minimum Gasteiger partial charge on any atom is -0.462 e. The number of ether oxygens (including phenoxy) is 6. The molecular weight excluding hydrogens is 574 g/mol. The van der Waals surface area contributed by atoms with E-state index in [0.29, 0.717) is 5.75 Å². The number of carbonyl (C=O) groups excluding carboxylic acids is 3. The molecule has 2 aromatic carbocycles. The van der Waals surface area contributed by atoms with Crippen molar-refractivity contribution in [1.29, 1.82) is 0 Å². The number of amides is 1. The first-order valence-electron chi connectivity index (χ1n) is 14.0. The Morgan fingerprint density at radius 2 is 1.42 bits per heavy atom. The second-order valence-corrected chi connectivity index (χ2v) is 12.6. The molecule has 1 N–H and O–H groups in total. The van der Waals surface area contributed by atoms with Crippen LogP contribution in [-0.4, -0.2) is 60.3 Å². The van der Waals surface area contributed by atoms with Crippen molar-refractivity contribution < 1.29 is 42.8 Å². The summed E-state index contributed by atoms with van der Waals surface area (Å²) in [6.45, 7) is 11.4. The van der Waals surface area contributed by atoms with Crippen LogP contribution in [0.3, 0.4) is 0 Å². The average Bonchev–Trinajstić information content (AvgIpc) is 2.93. The van der Waals surface area contributed by atoms with Gasteiger partial charge in [0, 0.05) is 19.1 Å². The van der Waals surface area contributed by atoms with Crippen LogP contribution in [0, 0.1) is 10.8 Å². The molecule has 0 radical (unpaired) electrons. The van der Waals surface area contributed by atoms with Crippen molar-refractivity contribution in [1.82, 2.24) is 5.32 Å². The number of hydrogen-bond donors (Lipinski definition) is 1. The van der Waals surface area contributed by atoms with Gasteiger partial charge in [0.05, 0.1) is 17.4 Å². The van der Waals surface area contributed by atoms with Gasteiger partial charge in [0.1, 0.15) is 24.5 Å². The Bertz CT molecular complexity index is 1240. The van der Waals surface area contributed by atoms with Gasteiger partial charge in [0.25, 0.3) is 0 Å². The van der Waals surface area contributed by atoms with Gasteiger partial charge in [-0.25, -0.2) is 0 Å². The highest BCUT2D eigenvalue weighted by Crippen LogP contribution is 2.31. The zero-order valence-electron chi connectivity index (χ0n) is 25.7. The van der Waals surface area contributed by atoms with E-state index in [4.69, 9.17) is 40.6 Å². The van der Waals surface area contributed by atoms with Crippen LogP contribution in [0.4, 0.5) is 0 Å². The summed E-state index contributed by atoms with van der Waals surface area (Å²) in [6.07, 6.45) is -4.51. The van der Waals surface area contributed by atoms with E-state index in [1.807, 2.05) is 36.4 Å². The Morgan fingerprint density at radius 1 is 0.837 bits per heavy atom. The van der Waals surface area contributed by atoms with Crippen molar-refractivity contribution in [3.05, 3.63) is 66.2 Å². The van der Waals surface area contributed by atoms with Gasteiger partial charge in [0.2, 0.25) is 5.91 Å². The zero-order chi connectivity index (χ0) is 31.8. The summed E-state index contributed by atoms with van der Waals surface area (Å²) < 4.78 is 35.9. The van der Waals surface area contributed by atoms with Crippen LogP contribution in [0.15, 0.2) is 60.7 Å². The lowest BCUT2D eigenvalue weighted by Gasteiger charge is -2.45. The number of rotatable bonds is 9. The molecule has 0 unspecified atom stereocenters. The van der Waals surface area contributed by atoms with Crippen LogP contribution in [0.2, 0.25) is 0 Å². The summed E-state index contributed by atoms with van der Waals surface area (Å²) in [5.74, 6) is -1.04. The number of nitrogens with one attached hydrogen (secondary N) is 1. The van der Waals surface area contributed by atoms with E-state index in [9.17, 15) is 14.4 Å². The summed E-state index contributed by atoms with van der Waals surface area (Å²) >= 11 is 5.43. The van der Waals surface area contributed by atoms with Gasteiger partial charge in [0.15, 0.2) is 18.5 Å². The largest absolute Gasteiger partial charge is 0.462 e. The molecule has 11 heteroatoms. The third-order valence-electron chi connectivity index (χ3n) is 6.30. The lowest BCUT2D eigenvalue weighted by Crippen LogP contribution is -2.67. The minimum absolute atomic E-state index is 0.125. The molecule has 1 amide bonds. The molecule has 10 nitrogen and oxygen atoms in total. The fourth-order valence-electron chi connectivity index (χ4n) is 4.00. The zero-order valence-corrected chi connectivity index (χ0v) is 26.5. The summed E-state index contributed by atoms with van der Waals surface area (Å²) in [5, 5.41) is 2.53. The van der Waals surface area contributed by atoms with E-state index in [2.05, 4.69) is 5.32 Å². The lowest BCUT2D eigenvalue weighted by molar-refractivity contribution is -0.278. The quantitative estimate of drug-likeness (QED) is 0.313. The number of thiocarbonyl (C=S) groups is 1. The molecule has 1 aliphatic rings. The molecule has 3 rings (SSSR count). The molecule has 0 aliphatic carbocycles. The standard InChI is InChI=1S/C32H41NO9S/c1-20(34)33-24-26(42-30(43)39-22-16-12-9-13-17-22)25(41-29(36)32(5,6)7)23(19-38-28(35)31(2,3)4)40-27(24)37-18-21-14-10-8-11-15-21/h8-17,23-27H,18-19H2,1-7H3,(H,33,34)/t23-,24-,25+,26-,27+/m1/s1. The normalized spacial score (nSPS) is 22.2. The second kappa shape index (κ2) is 14.8. The molecule has 234 valence electrons. The predicted molar refractivity (Wildman–Crippen MR) is 162 cm³/mol. The Labute approximate surface area is 258 Å². The summed E-state index contributed by atoms with van der Waals surface area (Å²) in [6, 6.07) is 17.1. The lowest BCUT2D eigenvalue weighted by atomic mass is 9.93. The third kappa shape index (κ3) is 10.3. The van der Waals surface area contributed by atoms with Gasteiger partial charge in [-0.1, -0.05) is 48.5 Å². The van der Waals surface area contributed by atoms with Gasteiger partial charge in [-0.3, -0.25) is 14.4 Å². The van der Waals surface area contributed by atoms with Crippen molar-refractivity contribution in [3.8, 4) is 5.75 Å². The molecular formula is C32H41NO9S. The Kier molecular flexibility index (Phi) is 11.7. The van der Waals surface area contributed by atoms with Crippen molar-refractivity contribution >= 4 is 35.3 Å². The molecule has 1 heterocycles. The maximum atomic E-state index is 13.2. The SMILES string of the molecule is CC(=O)N[C@H]1[C@@H](OCc2ccccc2)O[C@H](COC(=O)C(C)(C)C)[C@H](OC(=O)C(C)(C)C)[C@@H]1OC(=S)Oc1ccccc1. The van der Waals surface area contributed by atoms with Crippen LogP contribution in [0.1, 0.15) is 54.0 Å². The van der Waals surface area contributed by atoms with E-state index in [0.717, 1.165) is 5.56 Å². The number of para-hydroxylation sites is 1. The molecule has 2 aromatic rings. The maximum Gasteiger partial charge on any atom is 0.358 e. The van der Waals surface area contributed by atoms with Crippen LogP contribution in [0.25, 0.3) is 0 Å². The number of esters is 2. The van der Waals surface area contributed by atoms with E-state index in [1.54, 1.807) is 65.8 Å². The molecule has 5 atom stereocenters. The molecule has 0 bridgehead atoms. The molecule has 43 heavy (non-hydrogen) atoms. The molecule has 0 spiro atoms. The number of benzene rings is 2. The molecule has 0 saturated carbocycles. The average molecular weight is 616 g/mol. The topological polar surface area (TPSA) is 119 Å². The molecule has 0 aromatic heterocycles. The summed E-state index contributed by atoms with van der Waals surface area (Å²) in [7, 11) is 0. The maximum absolute atomic E-state index is 13.2. The Hall–Kier alpha value is -3.54. The number of hydrogen-bond acceptors (Lipinski definition) is 10. The van der Waals surface area contributed by atoms with Crippen LogP contribution in [0.5, 0.6) is 5.75 Å². The fraction of sp³-hybridized carbons (Fsp3) is 0.500. The van der Waals surface area contributed by atoms with Crippen molar-refractivity contribution in [2.75, 3.05) is 6.61 Å². The molecule has 1 aliphatic heterocycles. The first kappa shape index (κ1) is 34.0. The third-order valence-corrected chi connectivity index (χ3v) is 6.48. The van der Waals surface area contributed by atoms with Crippen LogP contribution in [-0.2, 0) is 44.7 Å². The van der Waals surface area contributed by atoms with Gasteiger partial charge in [-0.2, -0.15) is 0 Å². The van der Waals surface area contributed by atoms with E-state index < -0.39 is 59.3 Å². The first-order chi connectivity index (χ1) is 20.1. The summed E-state index contributed by atoms with van der Waals surface area (Å²) in [5.41, 5.74) is -0.845. The second-order valence-electron chi connectivity index (χ2n) is 12.3. The Balaban J connectivity index is 2.01. The van der Waals surface area contributed by atoms with Crippen molar-refractivity contribution in [2.24, 2.45) is 10.8 Å². The van der Waals surface area contributed by atoms with E-state index in [-0.39, 0.29) is 18.5 Å². The summed E-state index contributed by atoms with van der Waals surface area (Å²) in [4.78, 5) is 38.3. The van der Waals surface area contributed by atoms with Crippen molar-refractivity contribution in [3.63, 3.8) is 0 Å². The predicted octanol–water partition coefficient (Wildman–Crippen LogP) is 4.73. The van der Waals surface area contributed by atoms with Gasteiger partial charge in [-0.15, -0.1) is 0 Å². The fourth-order valence-corrected chi connectivity index (χ4v) is 4.20. The Morgan fingerprint density at radius 3 is 1.98 bits per heavy atom. The smallest absolute Gasteiger partial charge is 0.358 e. The van der Waals surface area contributed by atoms with Crippen LogP contribution < -0.4 is 10.1 Å². The van der Waals surface area contributed by atoms with Gasteiger partial charge >= 0.3 is 17.2 Å². The van der Waals surface area contributed by atoms with Crippen molar-refractivity contribution in [2.45, 2.75) is 85.7 Å². The molecule has 1 saturated heterocycles. The first-order valence-corrected chi connectivity index (χ1v) is 14.5. The number of carbonyl (C=O) groups is 3.